The Labute approximate surface area is 236 Å². The number of likely N-dealkylation sites (tertiary alicyclic amines) is 1. The highest BCUT2D eigenvalue weighted by Gasteiger charge is 2.32. The highest BCUT2D eigenvalue weighted by atomic mass is 35.5. The van der Waals surface area contributed by atoms with Crippen LogP contribution in [-0.4, -0.2) is 92.6 Å². The van der Waals surface area contributed by atoms with Crippen LogP contribution in [0, 0.1) is 0 Å². The highest BCUT2D eigenvalue weighted by molar-refractivity contribution is 7.89. The summed E-state index contributed by atoms with van der Waals surface area (Å²) in [6.45, 7) is 3.01. The number of benzene rings is 2. The molecule has 2 aromatic carbocycles. The summed E-state index contributed by atoms with van der Waals surface area (Å²) in [6, 6.07) is 16.3. The van der Waals surface area contributed by atoms with Crippen molar-refractivity contribution in [2.24, 2.45) is 0 Å². The van der Waals surface area contributed by atoms with Crippen LogP contribution in [0.15, 0.2) is 54.6 Å². The van der Waals surface area contributed by atoms with Crippen molar-refractivity contribution in [2.75, 3.05) is 52.3 Å². The van der Waals surface area contributed by atoms with Gasteiger partial charge >= 0.3 is 0 Å². The maximum absolute atomic E-state index is 13.7. The second-order valence-electron chi connectivity index (χ2n) is 9.51. The van der Waals surface area contributed by atoms with Gasteiger partial charge in [-0.3, -0.25) is 9.59 Å². The number of ether oxygens (including phenoxy) is 2. The summed E-state index contributed by atoms with van der Waals surface area (Å²) in [7, 11) is -2.12. The van der Waals surface area contributed by atoms with Crippen molar-refractivity contribution < 1.29 is 27.5 Å². The number of para-hydroxylation sites is 1. The molecule has 1 fully saturated rings. The fourth-order valence-corrected chi connectivity index (χ4v) is 6.22. The summed E-state index contributed by atoms with van der Waals surface area (Å²) < 4.78 is 37.7. The monoisotopic (exact) mass is 579 g/mol. The summed E-state index contributed by atoms with van der Waals surface area (Å²) in [6.07, 6.45) is 1.60. The Morgan fingerprint density at radius 3 is 2.44 bits per heavy atom. The molecule has 0 spiro atoms. The third kappa shape index (κ3) is 9.49. The van der Waals surface area contributed by atoms with Crippen LogP contribution < -0.4 is 4.74 Å². The predicted molar refractivity (Wildman–Crippen MR) is 151 cm³/mol. The number of hydrogen-bond donors (Lipinski definition) is 0. The van der Waals surface area contributed by atoms with Crippen LogP contribution >= 0.6 is 11.6 Å². The van der Waals surface area contributed by atoms with Gasteiger partial charge in [0.25, 0.3) is 5.91 Å². The van der Waals surface area contributed by atoms with E-state index in [9.17, 15) is 18.0 Å². The number of sulfonamides is 1. The molecule has 0 N–H and O–H groups in total. The molecule has 0 unspecified atom stereocenters. The van der Waals surface area contributed by atoms with Crippen LogP contribution in [0.4, 0.5) is 0 Å². The van der Waals surface area contributed by atoms with E-state index in [1.54, 1.807) is 41.0 Å². The molecule has 39 heavy (non-hydrogen) atoms. The van der Waals surface area contributed by atoms with Crippen LogP contribution in [-0.2, 0) is 30.9 Å². The van der Waals surface area contributed by atoms with E-state index < -0.39 is 10.0 Å². The lowest BCUT2D eigenvalue weighted by atomic mass is 10.0. The van der Waals surface area contributed by atoms with Gasteiger partial charge in [0.2, 0.25) is 15.9 Å². The molecule has 11 heteroatoms. The van der Waals surface area contributed by atoms with Gasteiger partial charge in [-0.25, -0.2) is 8.42 Å². The molecule has 1 saturated heterocycles. The number of halogens is 1. The van der Waals surface area contributed by atoms with Gasteiger partial charge in [0, 0.05) is 44.4 Å². The Hall–Kier alpha value is -2.66. The molecule has 0 aromatic heterocycles. The Morgan fingerprint density at radius 2 is 1.79 bits per heavy atom. The van der Waals surface area contributed by atoms with E-state index in [0.717, 1.165) is 5.56 Å². The number of nitrogens with zero attached hydrogens (tertiary/aromatic N) is 3. The average molecular weight is 580 g/mol. The molecule has 2 amide bonds. The molecule has 0 atom stereocenters. The number of rotatable bonds is 14. The SMILES string of the molecule is CCCS(=O)(=O)N(CCOC)CC(=O)N(Cc1cccc(Cl)c1)C1CCN(C(=O)COc2ccccc2)CC1. The number of carbonyl (C=O) groups excluding carboxylic acids is 2. The standard InChI is InChI=1S/C28H38ClN3O6S/c1-3-18-39(35,36)31(16-17-37-2)21-27(33)32(20-23-8-7-9-24(29)19-23)25-12-14-30(15-13-25)28(34)22-38-26-10-5-4-6-11-26/h4-11,19,25H,3,12-18,20-22H2,1-2H3. The molecule has 2 aromatic rings. The predicted octanol–water partition coefficient (Wildman–Crippen LogP) is 3.43. The van der Waals surface area contributed by atoms with Crippen molar-refractivity contribution >= 4 is 33.4 Å². The van der Waals surface area contributed by atoms with Crippen LogP contribution in [0.5, 0.6) is 5.75 Å². The first-order valence-electron chi connectivity index (χ1n) is 13.2. The van der Waals surface area contributed by atoms with Gasteiger partial charge in [0.05, 0.1) is 18.9 Å². The maximum atomic E-state index is 13.7. The molecule has 1 heterocycles. The molecule has 9 nitrogen and oxygen atoms in total. The molecule has 3 rings (SSSR count). The van der Waals surface area contributed by atoms with E-state index in [-0.39, 0.29) is 49.9 Å². The number of piperidine rings is 1. The second-order valence-corrected chi connectivity index (χ2v) is 12.0. The Balaban J connectivity index is 1.70. The zero-order valence-corrected chi connectivity index (χ0v) is 24.2. The van der Waals surface area contributed by atoms with E-state index in [2.05, 4.69) is 0 Å². The molecule has 1 aliphatic heterocycles. The topological polar surface area (TPSA) is 96.5 Å². The summed E-state index contributed by atoms with van der Waals surface area (Å²) in [5, 5.41) is 0.561. The molecule has 214 valence electrons. The lowest BCUT2D eigenvalue weighted by Crippen LogP contribution is -2.52. The molecular weight excluding hydrogens is 542 g/mol. The van der Waals surface area contributed by atoms with Gasteiger partial charge in [0.1, 0.15) is 5.75 Å². The zero-order chi connectivity index (χ0) is 28.3. The molecular formula is C28H38ClN3O6S. The van der Waals surface area contributed by atoms with Crippen LogP contribution in [0.25, 0.3) is 0 Å². The largest absolute Gasteiger partial charge is 0.484 e. The van der Waals surface area contributed by atoms with E-state index in [1.807, 2.05) is 30.3 Å². The smallest absolute Gasteiger partial charge is 0.260 e. The molecule has 0 bridgehead atoms. The minimum atomic E-state index is -3.61. The highest BCUT2D eigenvalue weighted by Crippen LogP contribution is 2.22. The fraction of sp³-hybridized carbons (Fsp3) is 0.500. The van der Waals surface area contributed by atoms with Crippen molar-refractivity contribution in [3.8, 4) is 5.75 Å². The van der Waals surface area contributed by atoms with Crippen molar-refractivity contribution in [1.29, 1.82) is 0 Å². The number of amides is 2. The van der Waals surface area contributed by atoms with E-state index >= 15 is 0 Å². The lowest BCUT2D eigenvalue weighted by molar-refractivity contribution is -0.138. The van der Waals surface area contributed by atoms with Crippen LogP contribution in [0.2, 0.25) is 5.02 Å². The molecule has 0 radical (unpaired) electrons. The molecule has 0 saturated carbocycles. The third-order valence-electron chi connectivity index (χ3n) is 6.64. The number of hydrogen-bond acceptors (Lipinski definition) is 6. The van der Waals surface area contributed by atoms with E-state index in [4.69, 9.17) is 21.1 Å². The van der Waals surface area contributed by atoms with Crippen molar-refractivity contribution in [3.63, 3.8) is 0 Å². The minimum Gasteiger partial charge on any atom is -0.484 e. The van der Waals surface area contributed by atoms with Gasteiger partial charge < -0.3 is 19.3 Å². The average Bonchev–Trinajstić information content (AvgIpc) is 2.93. The quantitative estimate of drug-likeness (QED) is 0.340. The van der Waals surface area contributed by atoms with Crippen molar-refractivity contribution in [3.05, 3.63) is 65.2 Å². The normalized spacial score (nSPS) is 14.4. The molecule has 1 aliphatic rings. The summed E-state index contributed by atoms with van der Waals surface area (Å²) in [5.41, 5.74) is 0.852. The van der Waals surface area contributed by atoms with Gasteiger partial charge in [0.15, 0.2) is 6.61 Å². The lowest BCUT2D eigenvalue weighted by Gasteiger charge is -2.39. The summed E-state index contributed by atoms with van der Waals surface area (Å²) >= 11 is 6.20. The van der Waals surface area contributed by atoms with Crippen LogP contribution in [0.1, 0.15) is 31.7 Å². The first-order chi connectivity index (χ1) is 18.7. The van der Waals surface area contributed by atoms with Crippen LogP contribution in [0.3, 0.4) is 0 Å². The summed E-state index contributed by atoms with van der Waals surface area (Å²) in [4.78, 5) is 29.9. The third-order valence-corrected chi connectivity index (χ3v) is 8.90. The van der Waals surface area contributed by atoms with Gasteiger partial charge in [-0.1, -0.05) is 48.9 Å². The maximum Gasteiger partial charge on any atom is 0.260 e. The number of methoxy groups -OCH3 is 1. The second kappa shape index (κ2) is 15.2. The van der Waals surface area contributed by atoms with E-state index in [0.29, 0.717) is 49.7 Å². The van der Waals surface area contributed by atoms with Gasteiger partial charge in [-0.05, 0) is 49.1 Å². The van der Waals surface area contributed by atoms with E-state index in [1.165, 1.54) is 11.4 Å². The van der Waals surface area contributed by atoms with Gasteiger partial charge in [-0.15, -0.1) is 0 Å². The zero-order valence-electron chi connectivity index (χ0n) is 22.6. The fourth-order valence-electron chi connectivity index (χ4n) is 4.57. The number of carbonyl (C=O) groups is 2. The minimum absolute atomic E-state index is 0.0379. The Bertz CT molecular complexity index is 1170. The molecule has 0 aliphatic carbocycles. The summed E-state index contributed by atoms with van der Waals surface area (Å²) in [5.74, 6) is 0.198. The van der Waals surface area contributed by atoms with Crippen molar-refractivity contribution in [2.45, 2.75) is 38.8 Å². The van der Waals surface area contributed by atoms with Crippen molar-refractivity contribution in [1.82, 2.24) is 14.1 Å². The first kappa shape index (κ1) is 30.9. The Morgan fingerprint density at radius 1 is 1.08 bits per heavy atom. The Kier molecular flexibility index (Phi) is 12.0. The first-order valence-corrected chi connectivity index (χ1v) is 15.2. The van der Waals surface area contributed by atoms with Gasteiger partial charge in [-0.2, -0.15) is 4.31 Å².